The van der Waals surface area contributed by atoms with Crippen molar-refractivity contribution in [3.05, 3.63) is 65.2 Å². The third-order valence-corrected chi connectivity index (χ3v) is 5.87. The zero-order chi connectivity index (χ0) is 18.8. The van der Waals surface area contributed by atoms with Crippen LogP contribution in [0.1, 0.15) is 88.8 Å². The zero-order valence-corrected chi connectivity index (χ0v) is 16.9. The van der Waals surface area contributed by atoms with Crippen LogP contribution < -0.4 is 0 Å². The number of para-hydroxylation sites is 1. The smallest absolute Gasteiger partial charge is 0.119 e. The van der Waals surface area contributed by atoms with Gasteiger partial charge in [0.1, 0.15) is 5.75 Å². The summed E-state index contributed by atoms with van der Waals surface area (Å²) in [4.78, 5) is 0. The number of unbranched alkanes of at least 4 members (excludes halogenated alkanes) is 6. The van der Waals surface area contributed by atoms with Crippen molar-refractivity contribution in [1.82, 2.24) is 0 Å². The van der Waals surface area contributed by atoms with E-state index < -0.39 is 0 Å². The molecule has 0 heterocycles. The fraction of sp³-hybridized carbons (Fsp3) is 0.520. The number of hydrogen-bond acceptors (Lipinski definition) is 1. The fourth-order valence-electron chi connectivity index (χ4n) is 4.02. The molecule has 0 fully saturated rings. The van der Waals surface area contributed by atoms with E-state index in [1.807, 2.05) is 18.2 Å². The summed E-state index contributed by atoms with van der Waals surface area (Å²) in [6.45, 7) is 6.76. The van der Waals surface area contributed by atoms with Gasteiger partial charge in [0.25, 0.3) is 0 Å². The van der Waals surface area contributed by atoms with Gasteiger partial charge in [0.2, 0.25) is 0 Å². The van der Waals surface area contributed by atoms with Crippen LogP contribution in [-0.4, -0.2) is 5.11 Å². The van der Waals surface area contributed by atoms with Gasteiger partial charge >= 0.3 is 0 Å². The Hall–Kier alpha value is -1.76. The highest BCUT2D eigenvalue weighted by Gasteiger charge is 2.31. The van der Waals surface area contributed by atoms with Gasteiger partial charge in [0.15, 0.2) is 0 Å². The number of benzene rings is 2. The first-order valence-corrected chi connectivity index (χ1v) is 10.5. The van der Waals surface area contributed by atoms with E-state index in [2.05, 4.69) is 51.1 Å². The van der Waals surface area contributed by atoms with Crippen LogP contribution in [0.15, 0.2) is 48.5 Å². The molecule has 0 saturated heterocycles. The summed E-state index contributed by atoms with van der Waals surface area (Å²) in [6.07, 6.45) is 11.5. The third-order valence-electron chi connectivity index (χ3n) is 5.87. The molecular weight excluding hydrogens is 316 g/mol. The first kappa shape index (κ1) is 20.6. The second-order valence-electron chi connectivity index (χ2n) is 7.73. The van der Waals surface area contributed by atoms with Gasteiger partial charge in [0.05, 0.1) is 0 Å². The normalized spacial score (nSPS) is 13.5. The van der Waals surface area contributed by atoms with Crippen LogP contribution in [0.5, 0.6) is 5.75 Å². The summed E-state index contributed by atoms with van der Waals surface area (Å²) >= 11 is 0. The topological polar surface area (TPSA) is 20.2 Å². The maximum atomic E-state index is 10.4. The molecule has 0 aliphatic rings. The summed E-state index contributed by atoms with van der Waals surface area (Å²) in [5.74, 6) is 0.405. The van der Waals surface area contributed by atoms with E-state index in [1.54, 1.807) is 0 Å². The van der Waals surface area contributed by atoms with Gasteiger partial charge in [-0.1, -0.05) is 102 Å². The third kappa shape index (κ3) is 5.13. The molecule has 0 saturated carbocycles. The highest BCUT2D eigenvalue weighted by Crippen LogP contribution is 2.41. The predicted molar refractivity (Wildman–Crippen MR) is 113 cm³/mol. The fourth-order valence-corrected chi connectivity index (χ4v) is 4.02. The number of aromatic hydroxyl groups is 1. The van der Waals surface area contributed by atoms with Crippen molar-refractivity contribution in [2.24, 2.45) is 0 Å². The minimum Gasteiger partial charge on any atom is -0.508 e. The molecule has 0 bridgehead atoms. The highest BCUT2D eigenvalue weighted by molar-refractivity contribution is 5.48. The standard InChI is InChI=1S/C25H36O/c1-4-6-7-8-9-10-11-16-21-17-12-13-18-22(21)25(3,5-2)23-19-14-15-20-24(23)26/h12-15,17-20,26H,4-11,16H2,1-3H3. The molecule has 0 radical (unpaired) electrons. The summed E-state index contributed by atoms with van der Waals surface area (Å²) < 4.78 is 0. The van der Waals surface area contributed by atoms with Crippen LogP contribution in [0.3, 0.4) is 0 Å². The second kappa shape index (κ2) is 10.4. The van der Waals surface area contributed by atoms with Crippen molar-refractivity contribution in [2.45, 2.75) is 84.0 Å². The van der Waals surface area contributed by atoms with Gasteiger partial charge in [-0.15, -0.1) is 0 Å². The lowest BCUT2D eigenvalue weighted by molar-refractivity contribution is 0.440. The average molecular weight is 353 g/mol. The lowest BCUT2D eigenvalue weighted by Crippen LogP contribution is -2.24. The van der Waals surface area contributed by atoms with Crippen molar-refractivity contribution in [2.75, 3.05) is 0 Å². The summed E-state index contributed by atoms with van der Waals surface area (Å²) in [5.41, 5.74) is 3.70. The molecule has 142 valence electrons. The Bertz CT molecular complexity index is 661. The van der Waals surface area contributed by atoms with Crippen molar-refractivity contribution < 1.29 is 5.11 Å². The number of phenols is 1. The Balaban J connectivity index is 2.10. The van der Waals surface area contributed by atoms with E-state index in [4.69, 9.17) is 0 Å². The molecule has 2 aromatic carbocycles. The number of phenolic OH excluding ortho intramolecular Hbond substituents is 1. The van der Waals surface area contributed by atoms with Crippen molar-refractivity contribution >= 4 is 0 Å². The SMILES string of the molecule is CCCCCCCCCc1ccccc1C(C)(CC)c1ccccc1O. The molecule has 1 atom stereocenters. The van der Waals surface area contributed by atoms with E-state index in [9.17, 15) is 5.11 Å². The molecule has 1 heteroatoms. The van der Waals surface area contributed by atoms with E-state index in [0.29, 0.717) is 5.75 Å². The van der Waals surface area contributed by atoms with E-state index in [0.717, 1.165) is 18.4 Å². The van der Waals surface area contributed by atoms with Crippen molar-refractivity contribution in [1.29, 1.82) is 0 Å². The first-order valence-electron chi connectivity index (χ1n) is 10.5. The monoisotopic (exact) mass is 352 g/mol. The van der Waals surface area contributed by atoms with Gasteiger partial charge in [-0.2, -0.15) is 0 Å². The quantitative estimate of drug-likeness (QED) is 0.418. The number of hydrogen-bond donors (Lipinski definition) is 1. The van der Waals surface area contributed by atoms with E-state index in [1.165, 1.54) is 56.1 Å². The Morgan fingerprint density at radius 2 is 1.31 bits per heavy atom. The molecule has 1 N–H and O–H groups in total. The van der Waals surface area contributed by atoms with Crippen LogP contribution in [0.4, 0.5) is 0 Å². The minimum absolute atomic E-state index is 0.150. The van der Waals surface area contributed by atoms with Gasteiger partial charge in [-0.05, 0) is 36.5 Å². The Morgan fingerprint density at radius 3 is 1.96 bits per heavy atom. The van der Waals surface area contributed by atoms with Gasteiger partial charge in [0, 0.05) is 11.0 Å². The van der Waals surface area contributed by atoms with Crippen molar-refractivity contribution in [3.63, 3.8) is 0 Å². The maximum absolute atomic E-state index is 10.4. The van der Waals surface area contributed by atoms with E-state index >= 15 is 0 Å². The van der Waals surface area contributed by atoms with Gasteiger partial charge < -0.3 is 5.11 Å². The lowest BCUT2D eigenvalue weighted by Gasteiger charge is -2.32. The second-order valence-corrected chi connectivity index (χ2v) is 7.73. The van der Waals surface area contributed by atoms with Crippen LogP contribution >= 0.6 is 0 Å². The molecule has 1 nitrogen and oxygen atoms in total. The van der Waals surface area contributed by atoms with Crippen LogP contribution in [0, 0.1) is 0 Å². The van der Waals surface area contributed by atoms with Crippen LogP contribution in [-0.2, 0) is 11.8 Å². The molecule has 1 unspecified atom stereocenters. The molecule has 0 aliphatic carbocycles. The number of rotatable bonds is 11. The molecule has 2 aromatic rings. The van der Waals surface area contributed by atoms with Crippen LogP contribution in [0.25, 0.3) is 0 Å². The molecule has 0 amide bonds. The van der Waals surface area contributed by atoms with Gasteiger partial charge in [-0.25, -0.2) is 0 Å². The largest absolute Gasteiger partial charge is 0.508 e. The molecule has 0 aliphatic heterocycles. The lowest BCUT2D eigenvalue weighted by atomic mass is 9.71. The highest BCUT2D eigenvalue weighted by atomic mass is 16.3. The molecule has 0 aromatic heterocycles. The Morgan fingerprint density at radius 1 is 0.731 bits per heavy atom. The molecule has 0 spiro atoms. The number of aryl methyl sites for hydroxylation is 1. The Kier molecular flexibility index (Phi) is 8.22. The predicted octanol–water partition coefficient (Wildman–Crippen LogP) is 7.40. The van der Waals surface area contributed by atoms with Crippen LogP contribution in [0.2, 0.25) is 0 Å². The summed E-state index contributed by atoms with van der Waals surface area (Å²) in [6, 6.07) is 16.6. The Labute approximate surface area is 160 Å². The van der Waals surface area contributed by atoms with Gasteiger partial charge in [-0.3, -0.25) is 0 Å². The molecular formula is C25H36O. The summed E-state index contributed by atoms with van der Waals surface area (Å²) in [5, 5.41) is 10.4. The van der Waals surface area contributed by atoms with Crippen molar-refractivity contribution in [3.8, 4) is 5.75 Å². The maximum Gasteiger partial charge on any atom is 0.119 e. The molecule has 26 heavy (non-hydrogen) atoms. The molecule has 2 rings (SSSR count). The first-order chi connectivity index (χ1) is 12.6. The minimum atomic E-state index is -0.150. The van der Waals surface area contributed by atoms with E-state index in [-0.39, 0.29) is 5.41 Å². The average Bonchev–Trinajstić information content (AvgIpc) is 2.67. The summed E-state index contributed by atoms with van der Waals surface area (Å²) in [7, 11) is 0. The zero-order valence-electron chi connectivity index (χ0n) is 16.9.